The van der Waals surface area contributed by atoms with E-state index in [1.165, 1.54) is 0 Å². The van der Waals surface area contributed by atoms with E-state index in [1.54, 1.807) is 0 Å². The fourth-order valence-electron chi connectivity index (χ4n) is 0. The van der Waals surface area contributed by atoms with E-state index in [0.717, 1.165) is 0 Å². The van der Waals surface area contributed by atoms with Gasteiger partial charge >= 0.3 is 7.82 Å². The third-order valence-corrected chi connectivity index (χ3v) is 0. The van der Waals surface area contributed by atoms with Crippen LogP contribution in [0.1, 0.15) is 0 Å². The molecule has 0 unspecified atom stereocenters. The largest absolute Gasteiger partial charge is 0.466 e. The van der Waals surface area contributed by atoms with Crippen molar-refractivity contribution in [1.82, 2.24) is 0 Å². The average Bonchev–Trinajstić information content (AvgIpc) is 0.722. The Hall–Kier alpha value is 1.37. The van der Waals surface area contributed by atoms with Gasteiger partial charge in [-0.15, -0.1) is 0 Å². The molecule has 0 saturated heterocycles. The topological polar surface area (TPSA) is 77.8 Å². The zero-order valence-electron chi connectivity index (χ0n) is 2.55. The Morgan fingerprint density at radius 3 is 1.17 bits per heavy atom. The standard InChI is InChI=1S/Ar.H3O4P/c;1-5(2,3)4/h;(H3,1,2,3,4). The van der Waals surface area contributed by atoms with Crippen LogP contribution >= 0.6 is 7.82 Å². The van der Waals surface area contributed by atoms with E-state index in [9.17, 15) is 0 Å². The van der Waals surface area contributed by atoms with Gasteiger partial charge < -0.3 is 14.7 Å². The predicted molar refractivity (Wildman–Crippen MR) is 14.3 cm³/mol. The number of rotatable bonds is 0. The minimum atomic E-state index is -4.64. The van der Waals surface area contributed by atoms with Gasteiger partial charge in [0.1, 0.15) is 0 Å². The van der Waals surface area contributed by atoms with Gasteiger partial charge in [-0.25, -0.2) is 4.57 Å². The molecule has 0 aliphatic carbocycles. The molecule has 6 heavy (non-hydrogen) atoms. The number of hydrogen-bond donors (Lipinski definition) is 3. The molecule has 0 aromatic carbocycles. The van der Waals surface area contributed by atoms with E-state index in [1.807, 2.05) is 0 Å². The van der Waals surface area contributed by atoms with Crippen LogP contribution in [0.5, 0.6) is 0 Å². The Morgan fingerprint density at radius 1 is 1.17 bits per heavy atom. The molecular formula is H3ArO4P. The normalized spacial score (nSPS) is 9.83. The van der Waals surface area contributed by atoms with Crippen molar-refractivity contribution in [3.63, 3.8) is 0 Å². The Morgan fingerprint density at radius 2 is 1.17 bits per heavy atom. The summed E-state index contributed by atoms with van der Waals surface area (Å²) >= 11 is 0. The first kappa shape index (κ1) is 10.4. The van der Waals surface area contributed by atoms with E-state index in [4.69, 9.17) is 19.2 Å². The van der Waals surface area contributed by atoms with Gasteiger partial charge in [0.05, 0.1) is 0 Å². The van der Waals surface area contributed by atoms with Crippen molar-refractivity contribution in [2.45, 2.75) is 0 Å². The van der Waals surface area contributed by atoms with E-state index < -0.39 is 7.82 Å². The summed E-state index contributed by atoms with van der Waals surface area (Å²) in [5, 5.41) is 0. The molecule has 0 heterocycles. The second-order valence-corrected chi connectivity index (χ2v) is 1.54. The summed E-state index contributed by atoms with van der Waals surface area (Å²) in [6, 6.07) is 0. The first-order valence-electron chi connectivity index (χ1n) is 0.783. The van der Waals surface area contributed by atoms with E-state index >= 15 is 0 Å². The maximum atomic E-state index is 8.88. The average molecular weight is 138 g/mol. The van der Waals surface area contributed by atoms with Crippen LogP contribution in [0.15, 0.2) is 0 Å². The van der Waals surface area contributed by atoms with E-state index in [-0.39, 0.29) is 37.7 Å². The summed E-state index contributed by atoms with van der Waals surface area (Å²) in [6.45, 7) is 0. The molecule has 0 aromatic rings. The maximum absolute atomic E-state index is 8.88. The zero-order valence-corrected chi connectivity index (χ0v) is 4.15. The minimum absolute atomic E-state index is 0. The van der Waals surface area contributed by atoms with Crippen molar-refractivity contribution in [3.8, 4) is 0 Å². The van der Waals surface area contributed by atoms with Crippen LogP contribution in [0.3, 0.4) is 0 Å². The summed E-state index contributed by atoms with van der Waals surface area (Å²) in [7, 11) is -4.64. The summed E-state index contributed by atoms with van der Waals surface area (Å²) in [4.78, 5) is 21.6. The fraction of sp³-hybridized carbons (Fsp3) is 0. The number of phosphoric acid groups is 1. The summed E-state index contributed by atoms with van der Waals surface area (Å²) in [5.74, 6) is 0. The predicted octanol–water partition coefficient (Wildman–Crippen LogP) is -0.929. The molecule has 40 valence electrons. The van der Waals surface area contributed by atoms with Crippen molar-refractivity contribution in [2.24, 2.45) is 0 Å². The van der Waals surface area contributed by atoms with Crippen molar-refractivity contribution >= 4 is 7.82 Å². The van der Waals surface area contributed by atoms with E-state index in [2.05, 4.69) is 0 Å². The van der Waals surface area contributed by atoms with Crippen LogP contribution in [0.2, 0.25) is 0 Å². The molecule has 0 aliphatic rings. The second kappa shape index (κ2) is 3.38. The molecule has 0 bridgehead atoms. The molecule has 0 atom stereocenters. The van der Waals surface area contributed by atoms with Crippen molar-refractivity contribution in [3.05, 3.63) is 0 Å². The maximum Gasteiger partial charge on any atom is 0.466 e. The van der Waals surface area contributed by atoms with Crippen molar-refractivity contribution in [1.29, 1.82) is 0 Å². The summed E-state index contributed by atoms with van der Waals surface area (Å²) < 4.78 is 8.88. The Balaban J connectivity index is 0. The monoisotopic (exact) mass is 138 g/mol. The van der Waals surface area contributed by atoms with Gasteiger partial charge in [-0.2, -0.15) is 0 Å². The van der Waals surface area contributed by atoms with Crippen LogP contribution < -0.4 is 0 Å². The molecule has 0 fully saturated rings. The quantitative estimate of drug-likeness (QED) is 0.378. The molecule has 3 N–H and O–H groups in total. The van der Waals surface area contributed by atoms with Crippen LogP contribution in [0.25, 0.3) is 0 Å². The molecule has 0 amide bonds. The fourth-order valence-corrected chi connectivity index (χ4v) is 0. The molecular weight excluding hydrogens is 135 g/mol. The second-order valence-electron chi connectivity index (χ2n) is 0.513. The Bertz CT molecular complexity index is 53.7. The van der Waals surface area contributed by atoms with Crippen LogP contribution in [-0.2, 0) is 4.57 Å². The van der Waals surface area contributed by atoms with Gasteiger partial charge in [0.2, 0.25) is 0 Å². The molecule has 0 saturated carbocycles. The smallest absolute Gasteiger partial charge is 0.303 e. The third-order valence-electron chi connectivity index (χ3n) is 0. The van der Waals surface area contributed by atoms with Gasteiger partial charge in [0.25, 0.3) is 0 Å². The van der Waals surface area contributed by atoms with Crippen molar-refractivity contribution in [2.75, 3.05) is 0 Å². The minimum Gasteiger partial charge on any atom is -0.303 e. The van der Waals surface area contributed by atoms with E-state index in [0.29, 0.717) is 0 Å². The molecule has 6 heteroatoms. The first-order chi connectivity index (χ1) is 2.00. The summed E-state index contributed by atoms with van der Waals surface area (Å²) in [5.41, 5.74) is 0. The van der Waals surface area contributed by atoms with Gasteiger partial charge in [0, 0.05) is 37.7 Å². The SMILES string of the molecule is O=P(O)(O)O.[Ar]. The number of hydrogen-bond acceptors (Lipinski definition) is 1. The van der Waals surface area contributed by atoms with Gasteiger partial charge in [0.15, 0.2) is 0 Å². The molecule has 0 aromatic heterocycles. The molecule has 4 nitrogen and oxygen atoms in total. The summed E-state index contributed by atoms with van der Waals surface area (Å²) in [6.07, 6.45) is 0. The van der Waals surface area contributed by atoms with Crippen LogP contribution in [0.4, 0.5) is 0 Å². The first-order valence-corrected chi connectivity index (χ1v) is 2.35. The Kier molecular flexibility index (Phi) is 5.84. The molecule has 0 aliphatic heterocycles. The molecule has 0 radical (unpaired) electrons. The Labute approximate surface area is 64.4 Å². The van der Waals surface area contributed by atoms with Crippen LogP contribution in [-0.4, -0.2) is 14.7 Å². The van der Waals surface area contributed by atoms with Gasteiger partial charge in [-0.3, -0.25) is 0 Å². The molecule has 0 spiro atoms. The van der Waals surface area contributed by atoms with Gasteiger partial charge in [-0.1, -0.05) is 0 Å². The third kappa shape index (κ3) is 54.6. The van der Waals surface area contributed by atoms with Crippen molar-refractivity contribution < 1.29 is 57.0 Å². The zero-order chi connectivity index (χ0) is 4.50. The van der Waals surface area contributed by atoms with Crippen LogP contribution in [0, 0.1) is 37.7 Å². The van der Waals surface area contributed by atoms with Gasteiger partial charge in [-0.05, 0) is 0 Å². The molecule has 0 rings (SSSR count).